The van der Waals surface area contributed by atoms with Gasteiger partial charge in [-0.1, -0.05) is 17.7 Å². The lowest BCUT2D eigenvalue weighted by atomic mass is 10.1. The van der Waals surface area contributed by atoms with E-state index in [0.29, 0.717) is 16.4 Å². The Balaban J connectivity index is 2.81. The summed E-state index contributed by atoms with van der Waals surface area (Å²) in [4.78, 5) is 0. The van der Waals surface area contributed by atoms with E-state index in [-0.39, 0.29) is 0 Å². The number of hydrogen-bond donors (Lipinski definition) is 2. The fourth-order valence-electron chi connectivity index (χ4n) is 1.30. The van der Waals surface area contributed by atoms with Gasteiger partial charge in [0.1, 0.15) is 0 Å². The summed E-state index contributed by atoms with van der Waals surface area (Å²) in [6.07, 6.45) is 0. The van der Waals surface area contributed by atoms with E-state index in [0.717, 1.165) is 10.8 Å². The first-order valence-electron chi connectivity index (χ1n) is 3.91. The number of fused-ring (bicyclic) bond motifs is 1. The molecular formula is C10H9ClN2. The van der Waals surface area contributed by atoms with E-state index in [1.165, 1.54) is 0 Å². The molecule has 0 saturated carbocycles. The summed E-state index contributed by atoms with van der Waals surface area (Å²) in [6.45, 7) is 0. The quantitative estimate of drug-likeness (QED) is 0.631. The van der Waals surface area contributed by atoms with E-state index in [4.69, 9.17) is 23.1 Å². The molecule has 0 aromatic heterocycles. The highest BCUT2D eigenvalue weighted by molar-refractivity contribution is 6.31. The first-order valence-corrected chi connectivity index (χ1v) is 4.29. The van der Waals surface area contributed by atoms with Crippen molar-refractivity contribution in [2.45, 2.75) is 0 Å². The first-order chi connectivity index (χ1) is 6.16. The molecule has 2 aromatic carbocycles. The molecule has 0 heterocycles. The Hall–Kier alpha value is -1.41. The van der Waals surface area contributed by atoms with Crippen LogP contribution in [0.5, 0.6) is 0 Å². The van der Waals surface area contributed by atoms with E-state index in [2.05, 4.69) is 0 Å². The van der Waals surface area contributed by atoms with Crippen molar-refractivity contribution in [1.82, 2.24) is 0 Å². The molecule has 0 radical (unpaired) electrons. The largest absolute Gasteiger partial charge is 0.397 e. The van der Waals surface area contributed by atoms with Crippen molar-refractivity contribution >= 4 is 33.7 Å². The van der Waals surface area contributed by atoms with Gasteiger partial charge < -0.3 is 11.5 Å². The Labute approximate surface area is 81.1 Å². The number of hydrogen-bond acceptors (Lipinski definition) is 2. The molecule has 0 unspecified atom stereocenters. The van der Waals surface area contributed by atoms with Crippen LogP contribution in [0.1, 0.15) is 0 Å². The van der Waals surface area contributed by atoms with Crippen molar-refractivity contribution in [2.75, 3.05) is 11.5 Å². The monoisotopic (exact) mass is 192 g/mol. The molecule has 0 aliphatic carbocycles. The minimum atomic E-state index is 0.592. The zero-order chi connectivity index (χ0) is 9.42. The molecular weight excluding hydrogens is 184 g/mol. The zero-order valence-corrected chi connectivity index (χ0v) is 7.68. The summed E-state index contributed by atoms with van der Waals surface area (Å²) in [5, 5.41) is 2.77. The molecule has 0 saturated heterocycles. The molecule has 0 bridgehead atoms. The Morgan fingerprint density at radius 1 is 0.846 bits per heavy atom. The van der Waals surface area contributed by atoms with E-state index in [1.807, 2.05) is 30.3 Å². The molecule has 2 aromatic rings. The lowest BCUT2D eigenvalue weighted by molar-refractivity contribution is 1.70. The first kappa shape index (κ1) is 8.20. The average Bonchev–Trinajstić information content (AvgIpc) is 2.08. The standard InChI is InChI=1S/C10H9ClN2/c11-8-2-1-6-4-9(12)10(13)5-7(6)3-8/h1-5H,12-13H2. The summed E-state index contributed by atoms with van der Waals surface area (Å²) in [7, 11) is 0. The van der Waals surface area contributed by atoms with Crippen LogP contribution in [0.2, 0.25) is 5.02 Å². The highest BCUT2D eigenvalue weighted by Crippen LogP contribution is 2.25. The topological polar surface area (TPSA) is 52.0 Å². The predicted molar refractivity (Wildman–Crippen MR) is 57.8 cm³/mol. The number of anilines is 2. The normalized spacial score (nSPS) is 10.5. The van der Waals surface area contributed by atoms with Crippen molar-refractivity contribution in [2.24, 2.45) is 0 Å². The highest BCUT2D eigenvalue weighted by atomic mass is 35.5. The molecule has 0 amide bonds. The second kappa shape index (κ2) is 2.82. The van der Waals surface area contributed by atoms with E-state index in [9.17, 15) is 0 Å². The van der Waals surface area contributed by atoms with Crippen LogP contribution in [-0.4, -0.2) is 0 Å². The summed E-state index contributed by atoms with van der Waals surface area (Å²) >= 11 is 5.84. The Bertz CT molecular complexity index is 466. The van der Waals surface area contributed by atoms with Crippen LogP contribution >= 0.6 is 11.6 Å². The second-order valence-corrected chi connectivity index (χ2v) is 3.41. The Morgan fingerprint density at radius 2 is 1.46 bits per heavy atom. The molecule has 0 spiro atoms. The van der Waals surface area contributed by atoms with Gasteiger partial charge in [-0.05, 0) is 35.0 Å². The minimum absolute atomic E-state index is 0.592. The lowest BCUT2D eigenvalue weighted by Crippen LogP contribution is -1.93. The summed E-state index contributed by atoms with van der Waals surface area (Å²) in [5.74, 6) is 0. The maximum absolute atomic E-state index is 5.84. The molecule has 0 fully saturated rings. The number of nitrogen functional groups attached to an aromatic ring is 2. The van der Waals surface area contributed by atoms with Crippen LogP contribution in [0.15, 0.2) is 30.3 Å². The van der Waals surface area contributed by atoms with Crippen molar-refractivity contribution in [3.63, 3.8) is 0 Å². The van der Waals surface area contributed by atoms with Gasteiger partial charge in [-0.3, -0.25) is 0 Å². The third kappa shape index (κ3) is 1.40. The van der Waals surface area contributed by atoms with Crippen LogP contribution in [0, 0.1) is 0 Å². The van der Waals surface area contributed by atoms with Gasteiger partial charge in [0, 0.05) is 5.02 Å². The molecule has 4 N–H and O–H groups in total. The van der Waals surface area contributed by atoms with Crippen molar-refractivity contribution in [3.05, 3.63) is 35.4 Å². The van der Waals surface area contributed by atoms with Crippen LogP contribution in [0.3, 0.4) is 0 Å². The van der Waals surface area contributed by atoms with E-state index in [1.54, 1.807) is 0 Å². The predicted octanol–water partition coefficient (Wildman–Crippen LogP) is 2.66. The fraction of sp³-hybridized carbons (Fsp3) is 0. The molecule has 2 nitrogen and oxygen atoms in total. The molecule has 3 heteroatoms. The van der Waals surface area contributed by atoms with Gasteiger partial charge in [-0.15, -0.1) is 0 Å². The Kier molecular flexibility index (Phi) is 1.78. The number of rotatable bonds is 0. The molecule has 2 rings (SSSR count). The van der Waals surface area contributed by atoms with Gasteiger partial charge in [0.05, 0.1) is 11.4 Å². The van der Waals surface area contributed by atoms with E-state index >= 15 is 0 Å². The maximum atomic E-state index is 5.84. The van der Waals surface area contributed by atoms with Crippen LogP contribution < -0.4 is 11.5 Å². The van der Waals surface area contributed by atoms with Crippen LogP contribution in [0.25, 0.3) is 10.8 Å². The molecule has 13 heavy (non-hydrogen) atoms. The number of halogens is 1. The average molecular weight is 193 g/mol. The summed E-state index contributed by atoms with van der Waals surface area (Å²) < 4.78 is 0. The maximum Gasteiger partial charge on any atom is 0.0554 e. The van der Waals surface area contributed by atoms with Gasteiger partial charge in [0.2, 0.25) is 0 Å². The van der Waals surface area contributed by atoms with E-state index < -0.39 is 0 Å². The summed E-state index contributed by atoms with van der Waals surface area (Å²) in [6, 6.07) is 9.30. The smallest absolute Gasteiger partial charge is 0.0554 e. The number of benzene rings is 2. The molecule has 0 aliphatic rings. The van der Waals surface area contributed by atoms with Crippen molar-refractivity contribution < 1.29 is 0 Å². The third-order valence-electron chi connectivity index (χ3n) is 2.00. The molecule has 0 atom stereocenters. The second-order valence-electron chi connectivity index (χ2n) is 2.97. The summed E-state index contributed by atoms with van der Waals surface area (Å²) in [5.41, 5.74) is 12.5. The Morgan fingerprint density at radius 3 is 2.15 bits per heavy atom. The third-order valence-corrected chi connectivity index (χ3v) is 2.24. The van der Waals surface area contributed by atoms with Gasteiger partial charge in [-0.25, -0.2) is 0 Å². The van der Waals surface area contributed by atoms with Crippen molar-refractivity contribution in [1.29, 1.82) is 0 Å². The van der Waals surface area contributed by atoms with Crippen LogP contribution in [-0.2, 0) is 0 Å². The molecule has 66 valence electrons. The van der Waals surface area contributed by atoms with Gasteiger partial charge in [0.25, 0.3) is 0 Å². The van der Waals surface area contributed by atoms with Crippen molar-refractivity contribution in [3.8, 4) is 0 Å². The zero-order valence-electron chi connectivity index (χ0n) is 6.92. The van der Waals surface area contributed by atoms with Gasteiger partial charge in [-0.2, -0.15) is 0 Å². The fourth-order valence-corrected chi connectivity index (χ4v) is 1.48. The minimum Gasteiger partial charge on any atom is -0.397 e. The lowest BCUT2D eigenvalue weighted by Gasteiger charge is -2.03. The SMILES string of the molecule is Nc1cc2ccc(Cl)cc2cc1N. The molecule has 0 aliphatic heterocycles. The van der Waals surface area contributed by atoms with Crippen LogP contribution in [0.4, 0.5) is 11.4 Å². The highest BCUT2D eigenvalue weighted by Gasteiger charge is 1.98. The number of nitrogens with two attached hydrogens (primary N) is 2. The van der Waals surface area contributed by atoms with Gasteiger partial charge in [0.15, 0.2) is 0 Å². The van der Waals surface area contributed by atoms with Gasteiger partial charge >= 0.3 is 0 Å².